The molecule has 3 aromatic rings. The fourth-order valence-corrected chi connectivity index (χ4v) is 4.63. The fraction of sp³-hybridized carbons (Fsp3) is 0.286. The van der Waals surface area contributed by atoms with Gasteiger partial charge in [0.15, 0.2) is 18.2 Å². The zero-order chi connectivity index (χ0) is 18.8. The van der Waals surface area contributed by atoms with Crippen LogP contribution in [-0.2, 0) is 19.4 Å². The number of aryl methyl sites for hydroxylation is 1. The highest BCUT2D eigenvalue weighted by atomic mass is 35.5. The first-order chi connectivity index (χ1) is 13.7. The van der Waals surface area contributed by atoms with Crippen LogP contribution in [0.4, 0.5) is 5.69 Å². The number of halogens is 1. The van der Waals surface area contributed by atoms with E-state index in [1.807, 2.05) is 29.2 Å². The van der Waals surface area contributed by atoms with Crippen molar-refractivity contribution in [3.05, 3.63) is 56.4 Å². The monoisotopic (exact) mass is 397 g/mol. The molecular formula is C21H16ClNO5. The Bertz CT molecular complexity index is 1200. The van der Waals surface area contributed by atoms with Crippen LogP contribution < -0.4 is 24.7 Å². The predicted molar refractivity (Wildman–Crippen MR) is 104 cm³/mol. The van der Waals surface area contributed by atoms with Gasteiger partial charge in [0.05, 0.1) is 17.1 Å². The molecule has 2 aromatic carbocycles. The second kappa shape index (κ2) is 5.82. The summed E-state index contributed by atoms with van der Waals surface area (Å²) < 4.78 is 22.6. The molecule has 3 heterocycles. The van der Waals surface area contributed by atoms with E-state index in [1.54, 1.807) is 0 Å². The van der Waals surface area contributed by atoms with E-state index in [0.29, 0.717) is 35.4 Å². The zero-order valence-electron chi connectivity index (χ0n) is 14.9. The third-order valence-corrected chi connectivity index (χ3v) is 5.98. The summed E-state index contributed by atoms with van der Waals surface area (Å²) in [6.07, 6.45) is 2.61. The molecule has 0 amide bonds. The van der Waals surface area contributed by atoms with Gasteiger partial charge in [0.1, 0.15) is 11.3 Å². The maximum absolute atomic E-state index is 12.5. The van der Waals surface area contributed by atoms with Gasteiger partial charge in [-0.25, -0.2) is 4.79 Å². The molecular weight excluding hydrogens is 382 g/mol. The molecule has 28 heavy (non-hydrogen) atoms. The Labute approximate surface area is 165 Å². The van der Waals surface area contributed by atoms with Crippen molar-refractivity contribution in [3.8, 4) is 17.2 Å². The third kappa shape index (κ3) is 2.24. The minimum Gasteiger partial charge on any atom is -0.471 e. The minimum absolute atomic E-state index is 0.231. The van der Waals surface area contributed by atoms with E-state index < -0.39 is 0 Å². The first kappa shape index (κ1) is 16.1. The molecule has 0 radical (unpaired) electrons. The molecule has 3 aliphatic rings. The summed E-state index contributed by atoms with van der Waals surface area (Å²) in [5.41, 5.74) is 3.92. The van der Waals surface area contributed by atoms with Gasteiger partial charge < -0.3 is 23.5 Å². The molecule has 0 spiro atoms. The number of ether oxygens (including phenoxy) is 3. The maximum Gasteiger partial charge on any atom is 0.339 e. The molecule has 6 nitrogen and oxygen atoms in total. The van der Waals surface area contributed by atoms with Gasteiger partial charge in [-0.1, -0.05) is 11.6 Å². The van der Waals surface area contributed by atoms with Crippen LogP contribution in [0.15, 0.2) is 33.5 Å². The van der Waals surface area contributed by atoms with Gasteiger partial charge in [0.25, 0.3) is 0 Å². The Hall–Kier alpha value is -2.86. The summed E-state index contributed by atoms with van der Waals surface area (Å²) >= 11 is 6.53. The zero-order valence-corrected chi connectivity index (χ0v) is 15.7. The molecule has 1 aliphatic carbocycles. The highest BCUT2D eigenvalue weighted by molar-refractivity contribution is 6.33. The topological polar surface area (TPSA) is 61.1 Å². The maximum atomic E-state index is 12.5. The lowest BCUT2D eigenvalue weighted by Gasteiger charge is -2.31. The number of benzene rings is 2. The summed E-state index contributed by atoms with van der Waals surface area (Å²) in [5, 5.41) is 1.47. The van der Waals surface area contributed by atoms with Crippen molar-refractivity contribution < 1.29 is 18.6 Å². The molecule has 142 valence electrons. The largest absolute Gasteiger partial charge is 0.471 e. The van der Waals surface area contributed by atoms with Crippen molar-refractivity contribution in [2.24, 2.45) is 0 Å². The number of anilines is 1. The van der Waals surface area contributed by atoms with E-state index in [1.165, 1.54) is 0 Å². The minimum atomic E-state index is -0.246. The van der Waals surface area contributed by atoms with Gasteiger partial charge in [-0.15, -0.1) is 0 Å². The van der Waals surface area contributed by atoms with Crippen LogP contribution in [-0.4, -0.2) is 13.5 Å². The lowest BCUT2D eigenvalue weighted by molar-refractivity contribution is 0.174. The molecule has 0 fully saturated rings. The van der Waals surface area contributed by atoms with E-state index in [2.05, 4.69) is 0 Å². The number of rotatable bonds is 1. The lowest BCUT2D eigenvalue weighted by atomic mass is 10.0. The molecule has 0 unspecified atom stereocenters. The van der Waals surface area contributed by atoms with Crippen molar-refractivity contribution >= 4 is 28.3 Å². The van der Waals surface area contributed by atoms with Gasteiger partial charge in [-0.2, -0.15) is 0 Å². The number of hydrogen-bond acceptors (Lipinski definition) is 6. The SMILES string of the molecule is O=c1oc2c3c(c(Cl)cc2c2c1CCC2)OCN(c1ccc2c(c1)OCO2)C3. The lowest BCUT2D eigenvalue weighted by Crippen LogP contribution is -2.32. The standard InChI is InChI=1S/C21H16ClNO5/c22-16-7-14-12-2-1-3-13(12)21(24)28-19(14)15-8-23(9-25-20(15)16)11-4-5-17-18(6-11)27-10-26-17/h4-7H,1-3,8-10H2. The number of fused-ring (bicyclic) bond motifs is 6. The summed E-state index contributed by atoms with van der Waals surface area (Å²) in [7, 11) is 0. The quantitative estimate of drug-likeness (QED) is 0.578. The number of nitrogens with zero attached hydrogens (tertiary/aromatic N) is 1. The van der Waals surface area contributed by atoms with Crippen LogP contribution in [0.3, 0.4) is 0 Å². The highest BCUT2D eigenvalue weighted by Gasteiger charge is 2.28. The molecule has 2 aliphatic heterocycles. The molecule has 7 heteroatoms. The summed E-state index contributed by atoms with van der Waals surface area (Å²) in [6.45, 7) is 1.09. The van der Waals surface area contributed by atoms with Crippen LogP contribution in [0.25, 0.3) is 11.0 Å². The van der Waals surface area contributed by atoms with Crippen molar-refractivity contribution in [1.29, 1.82) is 0 Å². The summed E-state index contributed by atoms with van der Waals surface area (Å²) in [5.74, 6) is 2.04. The average Bonchev–Trinajstić information content (AvgIpc) is 3.38. The first-order valence-corrected chi connectivity index (χ1v) is 9.64. The predicted octanol–water partition coefficient (Wildman–Crippen LogP) is 4.02. The molecule has 0 bridgehead atoms. The van der Waals surface area contributed by atoms with E-state index in [-0.39, 0.29) is 12.4 Å². The molecule has 1 aromatic heterocycles. The first-order valence-electron chi connectivity index (χ1n) is 9.26. The molecule has 0 saturated carbocycles. The Balaban J connectivity index is 1.49. The van der Waals surface area contributed by atoms with E-state index in [9.17, 15) is 4.79 Å². The Morgan fingerprint density at radius 2 is 1.82 bits per heavy atom. The van der Waals surface area contributed by atoms with E-state index >= 15 is 0 Å². The van der Waals surface area contributed by atoms with Crippen molar-refractivity contribution in [2.75, 3.05) is 18.4 Å². The third-order valence-electron chi connectivity index (χ3n) is 5.70. The fourth-order valence-electron chi connectivity index (χ4n) is 4.36. The second-order valence-corrected chi connectivity index (χ2v) is 7.66. The van der Waals surface area contributed by atoms with Crippen LogP contribution in [0, 0.1) is 0 Å². The second-order valence-electron chi connectivity index (χ2n) is 7.25. The van der Waals surface area contributed by atoms with Gasteiger partial charge >= 0.3 is 5.63 Å². The Morgan fingerprint density at radius 1 is 0.964 bits per heavy atom. The van der Waals surface area contributed by atoms with Crippen LogP contribution in [0.5, 0.6) is 17.2 Å². The molecule has 6 rings (SSSR count). The van der Waals surface area contributed by atoms with Crippen molar-refractivity contribution in [2.45, 2.75) is 25.8 Å². The van der Waals surface area contributed by atoms with Gasteiger partial charge in [0.2, 0.25) is 6.79 Å². The smallest absolute Gasteiger partial charge is 0.339 e. The molecule has 0 N–H and O–H groups in total. The Morgan fingerprint density at radius 3 is 2.75 bits per heavy atom. The average molecular weight is 398 g/mol. The van der Waals surface area contributed by atoms with Crippen LogP contribution in [0.1, 0.15) is 23.1 Å². The number of hydrogen-bond donors (Lipinski definition) is 0. The van der Waals surface area contributed by atoms with Gasteiger partial charge in [0, 0.05) is 22.7 Å². The van der Waals surface area contributed by atoms with Crippen LogP contribution in [0.2, 0.25) is 5.02 Å². The van der Waals surface area contributed by atoms with Gasteiger partial charge in [-0.3, -0.25) is 0 Å². The van der Waals surface area contributed by atoms with E-state index in [0.717, 1.165) is 52.8 Å². The van der Waals surface area contributed by atoms with E-state index in [4.69, 9.17) is 30.2 Å². The summed E-state index contributed by atoms with van der Waals surface area (Å²) in [6, 6.07) is 7.65. The van der Waals surface area contributed by atoms with Gasteiger partial charge in [-0.05, 0) is 43.0 Å². The highest BCUT2D eigenvalue weighted by Crippen LogP contribution is 2.43. The normalized spacial score (nSPS) is 16.8. The van der Waals surface area contributed by atoms with Crippen LogP contribution >= 0.6 is 11.6 Å². The Kier molecular flexibility index (Phi) is 3.35. The molecule has 0 saturated heterocycles. The molecule has 0 atom stereocenters. The summed E-state index contributed by atoms with van der Waals surface area (Å²) in [4.78, 5) is 14.5. The van der Waals surface area contributed by atoms with Crippen molar-refractivity contribution in [1.82, 2.24) is 0 Å². The van der Waals surface area contributed by atoms with Crippen molar-refractivity contribution in [3.63, 3.8) is 0 Å².